The molecule has 0 atom stereocenters. The average molecular weight is 320 g/mol. The van der Waals surface area contributed by atoms with Gasteiger partial charge in [0.05, 0.1) is 27.6 Å². The summed E-state index contributed by atoms with van der Waals surface area (Å²) in [4.78, 5) is 12.1. The Morgan fingerprint density at radius 3 is 2.58 bits per heavy atom. The molecular formula is C11H9Cl3N4O. The van der Waals surface area contributed by atoms with Gasteiger partial charge in [-0.05, 0) is 12.1 Å². The van der Waals surface area contributed by atoms with Gasteiger partial charge in [-0.25, -0.2) is 5.84 Å². The molecule has 0 bridgehead atoms. The van der Waals surface area contributed by atoms with Gasteiger partial charge in [0.2, 0.25) is 0 Å². The predicted molar refractivity (Wildman–Crippen MR) is 77.5 cm³/mol. The van der Waals surface area contributed by atoms with Crippen LogP contribution in [-0.4, -0.2) is 16.8 Å². The SMILES string of the molecule is CN(N)c1cnn(-c2cccc(Cl)c2Cl)c(=O)c1Cl. The van der Waals surface area contributed by atoms with E-state index in [1.54, 1.807) is 25.2 Å². The van der Waals surface area contributed by atoms with Gasteiger partial charge in [-0.1, -0.05) is 40.9 Å². The maximum absolute atomic E-state index is 12.1. The van der Waals surface area contributed by atoms with Crippen LogP contribution in [0.15, 0.2) is 29.2 Å². The number of nitrogens with zero attached hydrogens (tertiary/aromatic N) is 3. The number of hydrogen-bond donors (Lipinski definition) is 1. The summed E-state index contributed by atoms with van der Waals surface area (Å²) in [5, 5.41) is 5.70. The highest BCUT2D eigenvalue weighted by molar-refractivity contribution is 6.43. The van der Waals surface area contributed by atoms with E-state index in [1.165, 1.54) is 11.2 Å². The van der Waals surface area contributed by atoms with Crippen LogP contribution in [0.2, 0.25) is 15.1 Å². The smallest absolute Gasteiger partial charge is 0.292 e. The second-order valence-corrected chi connectivity index (χ2v) is 4.91. The Hall–Kier alpha value is -1.27. The molecule has 0 saturated heterocycles. The third-order valence-electron chi connectivity index (χ3n) is 2.44. The lowest BCUT2D eigenvalue weighted by Gasteiger charge is -2.14. The first-order chi connectivity index (χ1) is 8.93. The molecule has 2 N–H and O–H groups in total. The predicted octanol–water partition coefficient (Wildman–Crippen LogP) is 2.50. The van der Waals surface area contributed by atoms with Crippen LogP contribution < -0.4 is 16.4 Å². The van der Waals surface area contributed by atoms with Crippen molar-refractivity contribution in [3.8, 4) is 5.69 Å². The molecule has 1 aromatic carbocycles. The van der Waals surface area contributed by atoms with Crippen LogP contribution in [0.25, 0.3) is 5.69 Å². The molecule has 0 amide bonds. The Bertz CT molecular complexity index is 684. The molecule has 0 aliphatic rings. The van der Waals surface area contributed by atoms with E-state index in [4.69, 9.17) is 40.6 Å². The van der Waals surface area contributed by atoms with Crippen LogP contribution in [0.3, 0.4) is 0 Å². The van der Waals surface area contributed by atoms with Gasteiger partial charge >= 0.3 is 0 Å². The zero-order valence-electron chi connectivity index (χ0n) is 9.77. The number of halogens is 3. The number of aromatic nitrogens is 2. The number of hydrazine groups is 1. The molecule has 0 radical (unpaired) electrons. The molecular weight excluding hydrogens is 311 g/mol. The van der Waals surface area contributed by atoms with Gasteiger partial charge in [0.25, 0.3) is 5.56 Å². The summed E-state index contributed by atoms with van der Waals surface area (Å²) in [5.41, 5.74) is 0.147. The van der Waals surface area contributed by atoms with Gasteiger partial charge in [0.1, 0.15) is 5.02 Å². The summed E-state index contributed by atoms with van der Waals surface area (Å²) in [6.45, 7) is 0. The standard InChI is InChI=1S/C11H9Cl3N4O/c1-17(15)8-5-16-18(11(19)10(8)14)7-4-2-3-6(12)9(7)13/h2-5H,15H2,1H3. The van der Waals surface area contributed by atoms with Gasteiger partial charge in [-0.15, -0.1) is 0 Å². The van der Waals surface area contributed by atoms with Crippen LogP contribution in [0.1, 0.15) is 0 Å². The third kappa shape index (κ3) is 2.55. The first-order valence-corrected chi connectivity index (χ1v) is 6.27. The fourth-order valence-electron chi connectivity index (χ4n) is 1.50. The van der Waals surface area contributed by atoms with Crippen molar-refractivity contribution in [2.75, 3.05) is 12.1 Å². The summed E-state index contributed by atoms with van der Waals surface area (Å²) < 4.78 is 1.07. The summed E-state index contributed by atoms with van der Waals surface area (Å²) in [6.07, 6.45) is 1.38. The molecule has 2 rings (SSSR count). The number of nitrogens with two attached hydrogens (primary N) is 1. The second kappa shape index (κ2) is 5.38. The summed E-state index contributed by atoms with van der Waals surface area (Å²) in [5.74, 6) is 5.54. The van der Waals surface area contributed by atoms with E-state index in [0.29, 0.717) is 16.4 Å². The summed E-state index contributed by atoms with van der Waals surface area (Å²) in [7, 11) is 1.55. The topological polar surface area (TPSA) is 64.2 Å². The molecule has 2 aromatic rings. The number of anilines is 1. The molecule has 5 nitrogen and oxygen atoms in total. The van der Waals surface area contributed by atoms with Gasteiger partial charge in [0, 0.05) is 7.05 Å². The number of rotatable bonds is 2. The van der Waals surface area contributed by atoms with Crippen molar-refractivity contribution in [1.82, 2.24) is 9.78 Å². The van der Waals surface area contributed by atoms with Crippen LogP contribution in [0.4, 0.5) is 5.69 Å². The fourth-order valence-corrected chi connectivity index (χ4v) is 2.14. The average Bonchev–Trinajstić information content (AvgIpc) is 2.36. The van der Waals surface area contributed by atoms with Crippen LogP contribution >= 0.6 is 34.8 Å². The fraction of sp³-hybridized carbons (Fsp3) is 0.0909. The lowest BCUT2D eigenvalue weighted by Crippen LogP contribution is -2.30. The maximum Gasteiger partial charge on any atom is 0.292 e. The van der Waals surface area contributed by atoms with Crippen molar-refractivity contribution >= 4 is 40.5 Å². The Morgan fingerprint density at radius 1 is 1.26 bits per heavy atom. The Labute approximate surface area is 124 Å². The molecule has 0 saturated carbocycles. The quantitative estimate of drug-likeness (QED) is 0.682. The van der Waals surface area contributed by atoms with E-state index in [9.17, 15) is 4.79 Å². The molecule has 0 spiro atoms. The van der Waals surface area contributed by atoms with E-state index in [0.717, 1.165) is 4.68 Å². The monoisotopic (exact) mass is 318 g/mol. The van der Waals surface area contributed by atoms with Gasteiger partial charge in [0.15, 0.2) is 0 Å². The zero-order chi connectivity index (χ0) is 14.2. The first-order valence-electron chi connectivity index (χ1n) is 5.14. The maximum atomic E-state index is 12.1. The summed E-state index contributed by atoms with van der Waals surface area (Å²) in [6, 6.07) is 4.89. The molecule has 0 fully saturated rings. The van der Waals surface area contributed by atoms with E-state index in [1.807, 2.05) is 0 Å². The van der Waals surface area contributed by atoms with E-state index >= 15 is 0 Å². The Kier molecular flexibility index (Phi) is 4.01. The van der Waals surface area contributed by atoms with Crippen LogP contribution in [-0.2, 0) is 0 Å². The zero-order valence-corrected chi connectivity index (χ0v) is 12.0. The highest BCUT2D eigenvalue weighted by Gasteiger charge is 2.15. The number of benzene rings is 1. The molecule has 0 unspecified atom stereocenters. The van der Waals surface area contributed by atoms with Gasteiger partial charge in [-0.3, -0.25) is 4.79 Å². The van der Waals surface area contributed by atoms with E-state index in [-0.39, 0.29) is 10.0 Å². The van der Waals surface area contributed by atoms with Gasteiger partial charge in [-0.2, -0.15) is 9.78 Å². The second-order valence-electron chi connectivity index (χ2n) is 3.74. The summed E-state index contributed by atoms with van der Waals surface area (Å²) >= 11 is 17.9. The highest BCUT2D eigenvalue weighted by Crippen LogP contribution is 2.28. The van der Waals surface area contributed by atoms with E-state index < -0.39 is 5.56 Å². The Morgan fingerprint density at radius 2 is 1.95 bits per heavy atom. The molecule has 1 heterocycles. The minimum absolute atomic E-state index is 0.0453. The van der Waals surface area contributed by atoms with Crippen LogP contribution in [0.5, 0.6) is 0 Å². The molecule has 0 aliphatic carbocycles. The minimum atomic E-state index is -0.527. The van der Waals surface area contributed by atoms with Crippen LogP contribution in [0, 0.1) is 0 Å². The first kappa shape index (κ1) is 14.1. The van der Waals surface area contributed by atoms with Crippen molar-refractivity contribution in [3.63, 3.8) is 0 Å². The largest absolute Gasteiger partial charge is 0.311 e. The molecule has 100 valence electrons. The molecule has 1 aromatic heterocycles. The Balaban J connectivity index is 2.68. The minimum Gasteiger partial charge on any atom is -0.311 e. The van der Waals surface area contributed by atoms with Gasteiger partial charge < -0.3 is 5.01 Å². The lowest BCUT2D eigenvalue weighted by molar-refractivity contribution is 0.800. The van der Waals surface area contributed by atoms with E-state index in [2.05, 4.69) is 5.10 Å². The van der Waals surface area contributed by atoms with Crippen molar-refractivity contribution < 1.29 is 0 Å². The van der Waals surface area contributed by atoms with Crippen molar-refractivity contribution in [2.45, 2.75) is 0 Å². The van der Waals surface area contributed by atoms with Crippen molar-refractivity contribution in [2.24, 2.45) is 5.84 Å². The molecule has 8 heteroatoms. The molecule has 19 heavy (non-hydrogen) atoms. The van der Waals surface area contributed by atoms with Crippen molar-refractivity contribution in [1.29, 1.82) is 0 Å². The normalized spacial score (nSPS) is 10.6. The highest BCUT2D eigenvalue weighted by atomic mass is 35.5. The lowest BCUT2D eigenvalue weighted by atomic mass is 10.3. The third-order valence-corrected chi connectivity index (χ3v) is 3.60. The molecule has 0 aliphatic heterocycles. The van der Waals surface area contributed by atoms with Crippen molar-refractivity contribution in [3.05, 3.63) is 49.8 Å². The number of hydrogen-bond acceptors (Lipinski definition) is 4.